The van der Waals surface area contributed by atoms with Crippen molar-refractivity contribution in [1.82, 2.24) is 9.80 Å². The summed E-state index contributed by atoms with van der Waals surface area (Å²) in [5.41, 5.74) is 2.68. The van der Waals surface area contributed by atoms with E-state index in [1.165, 1.54) is 43.5 Å². The number of likely N-dealkylation sites (N-methyl/N-ethyl adjacent to an activating group) is 1. The van der Waals surface area contributed by atoms with Crippen molar-refractivity contribution in [3.63, 3.8) is 0 Å². The number of amides is 3. The van der Waals surface area contributed by atoms with Gasteiger partial charge in [0.1, 0.15) is 12.3 Å². The molecule has 0 spiro atoms. The third-order valence-electron chi connectivity index (χ3n) is 10.3. The number of nitrogens with two attached hydrogens (primary N) is 1. The van der Waals surface area contributed by atoms with Crippen LogP contribution in [0.2, 0.25) is 0 Å². The Balaban J connectivity index is 1.42. The lowest BCUT2D eigenvalue weighted by Gasteiger charge is -2.52. The molecule has 0 aliphatic heterocycles. The number of furan rings is 1. The zero-order valence-electron chi connectivity index (χ0n) is 30.5. The predicted molar refractivity (Wildman–Crippen MR) is 186 cm³/mol. The summed E-state index contributed by atoms with van der Waals surface area (Å²) < 4.78 is 14.9. The van der Waals surface area contributed by atoms with Crippen molar-refractivity contribution in [3.05, 3.63) is 41.3 Å². The molecule has 0 radical (unpaired) electrons. The van der Waals surface area contributed by atoms with E-state index in [0.717, 1.165) is 4.90 Å². The molecule has 2 fully saturated rings. The number of carbonyl (C=O) groups excluding carboxylic acids is 8. The highest BCUT2D eigenvalue weighted by molar-refractivity contribution is 6.32. The third kappa shape index (κ3) is 6.93. The number of aromatic hydroxyl groups is 1. The van der Waals surface area contributed by atoms with E-state index in [0.29, 0.717) is 24.1 Å². The summed E-state index contributed by atoms with van der Waals surface area (Å²) >= 11 is 0. The number of ketones is 4. The fourth-order valence-corrected chi connectivity index (χ4v) is 7.78. The zero-order valence-corrected chi connectivity index (χ0v) is 30.5. The van der Waals surface area contributed by atoms with Crippen molar-refractivity contribution >= 4 is 58.4 Å². The van der Waals surface area contributed by atoms with E-state index in [2.05, 4.69) is 5.32 Å². The van der Waals surface area contributed by atoms with E-state index in [1.54, 1.807) is 19.0 Å². The smallest absolute Gasteiger partial charge is 0.413 e. The van der Waals surface area contributed by atoms with Gasteiger partial charge in [-0.05, 0) is 63.0 Å². The number of benzene rings is 1. The zero-order chi connectivity index (χ0) is 39.8. The Morgan fingerprint density at radius 2 is 1.78 bits per heavy atom. The van der Waals surface area contributed by atoms with Gasteiger partial charge in [0, 0.05) is 32.2 Å². The number of unbranched alkanes of at least 4 members (excludes halogenated alkanes) is 1. The number of phenols is 1. The number of fused-ring (bicyclic) bond motifs is 3. The van der Waals surface area contributed by atoms with Crippen molar-refractivity contribution < 1.29 is 62.5 Å². The van der Waals surface area contributed by atoms with Gasteiger partial charge in [0.2, 0.25) is 24.4 Å². The minimum absolute atomic E-state index is 0.0161. The lowest BCUT2D eigenvalue weighted by molar-refractivity contribution is -0.181. The summed E-state index contributed by atoms with van der Waals surface area (Å²) in [6.45, 7) is 0.608. The summed E-state index contributed by atoms with van der Waals surface area (Å²) in [5.74, 6) is -14.0. The van der Waals surface area contributed by atoms with Crippen LogP contribution >= 0.6 is 0 Å². The van der Waals surface area contributed by atoms with Gasteiger partial charge < -0.3 is 40.1 Å². The number of rotatable bonds is 12. The summed E-state index contributed by atoms with van der Waals surface area (Å²) in [7, 11) is 6.31. The Hall–Kier alpha value is -5.62. The quantitative estimate of drug-likeness (QED) is 0.0997. The monoisotopic (exact) mass is 753 g/mol. The number of nitrogens with one attached hydrogen (secondary N) is 1. The highest BCUT2D eigenvalue weighted by Crippen LogP contribution is 2.52. The number of anilines is 2. The van der Waals surface area contributed by atoms with Crippen LogP contribution in [0.1, 0.15) is 52.7 Å². The van der Waals surface area contributed by atoms with Crippen LogP contribution in [-0.2, 0) is 39.9 Å². The van der Waals surface area contributed by atoms with Crippen LogP contribution in [-0.4, -0.2) is 127 Å². The maximum Gasteiger partial charge on any atom is 0.413 e. The highest BCUT2D eigenvalue weighted by atomic mass is 16.7. The van der Waals surface area contributed by atoms with E-state index in [4.69, 9.17) is 19.6 Å². The van der Waals surface area contributed by atoms with Gasteiger partial charge in [-0.1, -0.05) is 13.3 Å². The Morgan fingerprint density at radius 1 is 1.07 bits per heavy atom. The van der Waals surface area contributed by atoms with Gasteiger partial charge in [-0.2, -0.15) is 0 Å². The average Bonchev–Trinajstić information content (AvgIpc) is 3.64. The number of nitrogens with zero attached hydrogens (tertiary/aromatic N) is 3. The number of aliphatic hydroxyl groups is 1. The second kappa shape index (κ2) is 15.4. The molecule has 5 N–H and O–H groups in total. The first-order chi connectivity index (χ1) is 25.4. The normalized spacial score (nSPS) is 24.6. The van der Waals surface area contributed by atoms with Crippen LogP contribution < -0.4 is 16.0 Å². The van der Waals surface area contributed by atoms with Crippen molar-refractivity contribution in [1.29, 1.82) is 0 Å². The first kappa shape index (κ1) is 39.6. The van der Waals surface area contributed by atoms with Crippen molar-refractivity contribution in [2.45, 2.75) is 44.2 Å². The van der Waals surface area contributed by atoms with Crippen LogP contribution in [0, 0.1) is 23.7 Å². The van der Waals surface area contributed by atoms with Gasteiger partial charge in [0.05, 0.1) is 29.5 Å². The number of hydrogen-bond donors (Lipinski definition) is 4. The molecule has 3 aliphatic rings. The van der Waals surface area contributed by atoms with E-state index in [-0.39, 0.29) is 36.4 Å². The predicted octanol–water partition coefficient (Wildman–Crippen LogP) is 0.518. The van der Waals surface area contributed by atoms with E-state index < -0.39 is 101 Å². The Kier molecular flexibility index (Phi) is 11.3. The number of Topliss-reactive ketones (excluding diaryl/α,β-unsaturated/α-hetero) is 4. The molecular formula is C36H43N5O13. The fraction of sp³-hybridized carbons (Fsp3) is 0.500. The van der Waals surface area contributed by atoms with Gasteiger partial charge in [-0.3, -0.25) is 38.6 Å². The van der Waals surface area contributed by atoms with Crippen LogP contribution in [0.3, 0.4) is 0 Å². The van der Waals surface area contributed by atoms with Gasteiger partial charge in [-0.25, -0.2) is 9.59 Å². The molecule has 2 unspecified atom stereocenters. The molecule has 54 heavy (non-hydrogen) atoms. The van der Waals surface area contributed by atoms with E-state index in [9.17, 15) is 48.6 Å². The maximum atomic E-state index is 14.3. The summed E-state index contributed by atoms with van der Waals surface area (Å²) in [6.07, 6.45) is 1.31. The first-order valence-corrected chi connectivity index (χ1v) is 17.3. The fourth-order valence-electron chi connectivity index (χ4n) is 7.78. The van der Waals surface area contributed by atoms with Gasteiger partial charge in [0.25, 0.3) is 0 Å². The minimum Gasteiger partial charge on any atom is -0.505 e. The Morgan fingerprint density at radius 3 is 2.37 bits per heavy atom. The van der Waals surface area contributed by atoms with Gasteiger partial charge in [-0.15, -0.1) is 0 Å². The first-order valence-electron chi connectivity index (χ1n) is 17.3. The molecule has 3 amide bonds. The molecule has 1 aromatic heterocycles. The van der Waals surface area contributed by atoms with Crippen molar-refractivity contribution in [3.8, 4) is 5.75 Å². The summed E-state index contributed by atoms with van der Waals surface area (Å²) in [6, 6.07) is 3.02. The lowest BCUT2D eigenvalue weighted by Crippen LogP contribution is -2.74. The van der Waals surface area contributed by atoms with E-state index >= 15 is 0 Å². The number of esters is 1. The maximum absolute atomic E-state index is 14.3. The van der Waals surface area contributed by atoms with Crippen molar-refractivity contribution in [2.24, 2.45) is 29.4 Å². The molecule has 3 aliphatic carbocycles. The molecule has 18 nitrogen and oxygen atoms in total. The second-order valence-corrected chi connectivity index (χ2v) is 14.1. The largest absolute Gasteiger partial charge is 0.505 e. The van der Waals surface area contributed by atoms with Gasteiger partial charge >= 0.3 is 12.1 Å². The number of phenolic OH excluding ortho intramolecular Hbond substituents is 1. The SMILES string of the molecule is CCCCN(CC(=O)Nc1cc(N(C)C)c2c(c1O)C(=O)C1C(=O)[C@]3(O)C(=O)C(C(N)=O)C(=O)[C@@H](N(C)C)[C@@H]3C[C@@H]1C2)C(=O)OCOC(=O)c1ccco1. The number of primary amides is 1. The summed E-state index contributed by atoms with van der Waals surface area (Å²) in [5, 5.41) is 25.9. The Bertz CT molecular complexity index is 1890. The Labute approximate surface area is 309 Å². The van der Waals surface area contributed by atoms with Crippen LogP contribution in [0.4, 0.5) is 16.2 Å². The molecule has 1 heterocycles. The molecular weight excluding hydrogens is 710 g/mol. The van der Waals surface area contributed by atoms with Crippen LogP contribution in [0.25, 0.3) is 0 Å². The lowest BCUT2D eigenvalue weighted by atomic mass is 9.52. The molecule has 0 bridgehead atoms. The highest BCUT2D eigenvalue weighted by Gasteiger charge is 2.69. The molecule has 290 valence electrons. The van der Waals surface area contributed by atoms with Crippen LogP contribution in [0.5, 0.6) is 5.75 Å². The molecule has 18 heteroatoms. The van der Waals surface area contributed by atoms with E-state index in [1.807, 2.05) is 6.92 Å². The summed E-state index contributed by atoms with van der Waals surface area (Å²) in [4.78, 5) is 110. The molecule has 5 rings (SSSR count). The molecule has 2 saturated carbocycles. The molecule has 1 aromatic carbocycles. The number of hydrogen-bond acceptors (Lipinski definition) is 15. The molecule has 2 aromatic rings. The third-order valence-corrected chi connectivity index (χ3v) is 10.3. The molecule has 6 atom stereocenters. The second-order valence-electron chi connectivity index (χ2n) is 14.1. The average molecular weight is 754 g/mol. The number of carbonyl (C=O) groups is 8. The van der Waals surface area contributed by atoms with Gasteiger partial charge in [0.15, 0.2) is 34.7 Å². The van der Waals surface area contributed by atoms with Crippen molar-refractivity contribution in [2.75, 3.05) is 58.3 Å². The number of ether oxygens (including phenoxy) is 2. The molecule has 0 saturated heterocycles. The van der Waals surface area contributed by atoms with Crippen LogP contribution in [0.15, 0.2) is 28.9 Å². The topological polar surface area (TPSA) is 256 Å². The standard InChI is InChI=1S/C36H43N5O13/c1-6-7-10-41(35(50)54-16-53-34(49)22-9-8-11-52-22)15-23(42)38-20-14-21(39(2)3)18-12-17-13-19-27(40(4)5)30(45)26(33(37)48)32(47)36(19,51)31(46)24(17)29(44)25(18)28(20)43/h8-9,11,14,17,19,24,26-27,43,51H,6-7,10,12-13,15-16H2,1-5H3,(H2,37,48)(H,38,42)/t17-,19-,24?,26?,27-,36-/m0/s1. The minimum atomic E-state index is -2.89.